The molecule has 1 aliphatic rings. The first-order valence-electron chi connectivity index (χ1n) is 4.07. The third kappa shape index (κ3) is 2.36. The second kappa shape index (κ2) is 3.24. The third-order valence-electron chi connectivity index (χ3n) is 2.46. The lowest BCUT2D eigenvalue weighted by atomic mass is 9.66. The summed E-state index contributed by atoms with van der Waals surface area (Å²) < 4.78 is 73.1. The van der Waals surface area contributed by atoms with E-state index in [1.807, 2.05) is 0 Å². The highest BCUT2D eigenvalue weighted by molar-refractivity contribution is 5.07. The lowest BCUT2D eigenvalue weighted by Gasteiger charge is -2.48. The van der Waals surface area contributed by atoms with Crippen LogP contribution in [0.1, 0.15) is 12.8 Å². The molecule has 0 aromatic rings. The molecule has 0 heterocycles. The van der Waals surface area contributed by atoms with Crippen molar-refractivity contribution in [2.45, 2.75) is 36.8 Å². The van der Waals surface area contributed by atoms with Gasteiger partial charge in [-0.2, -0.15) is 26.3 Å². The van der Waals surface area contributed by atoms with Crippen molar-refractivity contribution in [1.82, 2.24) is 0 Å². The normalized spacial score (nSPS) is 33.0. The number of nitrogens with two attached hydrogens (primary N) is 1. The Balaban J connectivity index is 2.94. The molecular formula is C7H9F6NO. The van der Waals surface area contributed by atoms with Crippen molar-refractivity contribution in [2.24, 2.45) is 11.7 Å². The summed E-state index contributed by atoms with van der Waals surface area (Å²) in [5.74, 6) is -3.57. The molecule has 90 valence electrons. The van der Waals surface area contributed by atoms with Crippen LogP contribution in [0, 0.1) is 5.92 Å². The van der Waals surface area contributed by atoms with E-state index < -0.39 is 42.8 Å². The molecule has 1 saturated carbocycles. The topological polar surface area (TPSA) is 46.2 Å². The molecule has 2 nitrogen and oxygen atoms in total. The van der Waals surface area contributed by atoms with Gasteiger partial charge in [-0.3, -0.25) is 0 Å². The molecule has 0 aliphatic heterocycles. The van der Waals surface area contributed by atoms with E-state index in [1.54, 1.807) is 0 Å². The van der Waals surface area contributed by atoms with Gasteiger partial charge in [0.25, 0.3) is 0 Å². The number of hydrogen-bond acceptors (Lipinski definition) is 2. The molecule has 1 fully saturated rings. The number of alkyl halides is 6. The highest BCUT2D eigenvalue weighted by Gasteiger charge is 2.68. The number of hydrogen-bond donors (Lipinski definition) is 2. The van der Waals surface area contributed by atoms with Gasteiger partial charge in [0, 0.05) is 5.54 Å². The monoisotopic (exact) mass is 237 g/mol. The summed E-state index contributed by atoms with van der Waals surface area (Å²) in [6.45, 7) is 0. The molecule has 1 rings (SSSR count). The van der Waals surface area contributed by atoms with E-state index in [4.69, 9.17) is 10.8 Å². The molecule has 0 radical (unpaired) electrons. The van der Waals surface area contributed by atoms with Crippen LogP contribution in [0.3, 0.4) is 0 Å². The quantitative estimate of drug-likeness (QED) is 0.680. The molecule has 0 spiro atoms. The summed E-state index contributed by atoms with van der Waals surface area (Å²) in [4.78, 5) is 0. The predicted octanol–water partition coefficient (Wildman–Crippen LogP) is 1.58. The lowest BCUT2D eigenvalue weighted by Crippen LogP contribution is -2.66. The van der Waals surface area contributed by atoms with Gasteiger partial charge in [0.2, 0.25) is 0 Å². The fourth-order valence-electron chi connectivity index (χ4n) is 1.89. The van der Waals surface area contributed by atoms with Crippen molar-refractivity contribution >= 4 is 0 Å². The smallest absolute Gasteiger partial charge is 0.393 e. The van der Waals surface area contributed by atoms with Crippen LogP contribution in [0.25, 0.3) is 0 Å². The van der Waals surface area contributed by atoms with E-state index in [0.29, 0.717) is 0 Å². The van der Waals surface area contributed by atoms with Gasteiger partial charge in [0.15, 0.2) is 5.92 Å². The Morgan fingerprint density at radius 2 is 1.40 bits per heavy atom. The number of rotatable bonds is 1. The fourth-order valence-corrected chi connectivity index (χ4v) is 1.89. The zero-order valence-electron chi connectivity index (χ0n) is 7.36. The van der Waals surface area contributed by atoms with E-state index in [0.717, 1.165) is 0 Å². The second-order valence-electron chi connectivity index (χ2n) is 3.81. The average Bonchev–Trinajstić information content (AvgIpc) is 1.74. The number of aliphatic hydroxyl groups is 1. The molecule has 0 aromatic carbocycles. The van der Waals surface area contributed by atoms with Crippen LogP contribution < -0.4 is 5.73 Å². The first kappa shape index (κ1) is 12.6. The van der Waals surface area contributed by atoms with Crippen molar-refractivity contribution in [3.63, 3.8) is 0 Å². The Kier molecular flexibility index (Phi) is 2.72. The Hall–Kier alpha value is -0.500. The van der Waals surface area contributed by atoms with Crippen LogP contribution in [0.5, 0.6) is 0 Å². The zero-order valence-corrected chi connectivity index (χ0v) is 7.36. The van der Waals surface area contributed by atoms with Crippen LogP contribution in [0.2, 0.25) is 0 Å². The summed E-state index contributed by atoms with van der Waals surface area (Å²) in [5.41, 5.74) is 2.59. The molecule has 15 heavy (non-hydrogen) atoms. The Bertz CT molecular complexity index is 227. The second-order valence-corrected chi connectivity index (χ2v) is 3.81. The molecule has 0 saturated heterocycles. The molecule has 0 unspecified atom stereocenters. The molecule has 0 bridgehead atoms. The van der Waals surface area contributed by atoms with Gasteiger partial charge in [-0.25, -0.2) is 0 Å². The van der Waals surface area contributed by atoms with Crippen molar-refractivity contribution in [3.05, 3.63) is 0 Å². The SMILES string of the molecule is NC1(C(C(F)(F)F)C(F)(F)F)CC(O)C1. The minimum Gasteiger partial charge on any atom is -0.393 e. The first-order chi connectivity index (χ1) is 6.47. The zero-order chi connectivity index (χ0) is 12.1. The maximum absolute atomic E-state index is 12.2. The number of halogens is 6. The predicted molar refractivity (Wildman–Crippen MR) is 37.8 cm³/mol. The minimum absolute atomic E-state index is 0.684. The van der Waals surface area contributed by atoms with Crippen LogP contribution >= 0.6 is 0 Å². The molecule has 0 atom stereocenters. The molecular weight excluding hydrogens is 228 g/mol. The summed E-state index contributed by atoms with van der Waals surface area (Å²) in [6, 6.07) is 0. The van der Waals surface area contributed by atoms with Crippen LogP contribution in [0.15, 0.2) is 0 Å². The van der Waals surface area contributed by atoms with Gasteiger partial charge in [-0.05, 0) is 12.8 Å². The maximum Gasteiger partial charge on any atom is 0.402 e. The van der Waals surface area contributed by atoms with Gasteiger partial charge in [-0.15, -0.1) is 0 Å². The first-order valence-corrected chi connectivity index (χ1v) is 4.07. The summed E-state index contributed by atoms with van der Waals surface area (Å²) >= 11 is 0. The minimum atomic E-state index is -5.44. The van der Waals surface area contributed by atoms with Gasteiger partial charge in [-0.1, -0.05) is 0 Å². The van der Waals surface area contributed by atoms with E-state index in [2.05, 4.69) is 0 Å². The van der Waals surface area contributed by atoms with Crippen molar-refractivity contribution < 1.29 is 31.4 Å². The fraction of sp³-hybridized carbons (Fsp3) is 1.00. The van der Waals surface area contributed by atoms with Gasteiger partial charge in [0.1, 0.15) is 0 Å². The van der Waals surface area contributed by atoms with Gasteiger partial charge >= 0.3 is 12.4 Å². The third-order valence-corrected chi connectivity index (χ3v) is 2.46. The van der Waals surface area contributed by atoms with E-state index in [-0.39, 0.29) is 0 Å². The lowest BCUT2D eigenvalue weighted by molar-refractivity contribution is -0.313. The van der Waals surface area contributed by atoms with Crippen LogP contribution in [-0.2, 0) is 0 Å². The summed E-state index contributed by atoms with van der Waals surface area (Å²) in [7, 11) is 0. The van der Waals surface area contributed by atoms with Crippen LogP contribution in [0.4, 0.5) is 26.3 Å². The Morgan fingerprint density at radius 1 is 1.07 bits per heavy atom. The molecule has 0 amide bonds. The van der Waals surface area contributed by atoms with Crippen molar-refractivity contribution in [2.75, 3.05) is 0 Å². The maximum atomic E-state index is 12.2. The molecule has 3 N–H and O–H groups in total. The largest absolute Gasteiger partial charge is 0.402 e. The van der Waals surface area contributed by atoms with Crippen molar-refractivity contribution in [1.29, 1.82) is 0 Å². The number of aliphatic hydroxyl groups excluding tert-OH is 1. The van der Waals surface area contributed by atoms with Crippen molar-refractivity contribution in [3.8, 4) is 0 Å². The standard InChI is InChI=1S/C7H9F6NO/c8-6(9,10)4(7(11,12)13)5(14)1-3(15)2-5/h3-4,15H,1-2,14H2. The molecule has 1 aliphatic carbocycles. The highest BCUT2D eigenvalue weighted by atomic mass is 19.4. The van der Waals surface area contributed by atoms with E-state index in [1.165, 1.54) is 0 Å². The van der Waals surface area contributed by atoms with Gasteiger partial charge < -0.3 is 10.8 Å². The Morgan fingerprint density at radius 3 is 1.60 bits per heavy atom. The highest BCUT2D eigenvalue weighted by Crippen LogP contribution is 2.51. The molecule has 0 aromatic heterocycles. The Labute approximate surface area is 81.1 Å². The van der Waals surface area contributed by atoms with Crippen LogP contribution in [-0.4, -0.2) is 29.1 Å². The molecule has 8 heteroatoms. The average molecular weight is 237 g/mol. The van der Waals surface area contributed by atoms with Gasteiger partial charge in [0.05, 0.1) is 6.10 Å². The van der Waals surface area contributed by atoms with E-state index >= 15 is 0 Å². The summed E-state index contributed by atoms with van der Waals surface area (Å²) in [6.07, 6.45) is -13.4. The van der Waals surface area contributed by atoms with E-state index in [9.17, 15) is 26.3 Å². The summed E-state index contributed by atoms with van der Waals surface area (Å²) in [5, 5.41) is 8.75.